The lowest BCUT2D eigenvalue weighted by Crippen LogP contribution is -2.44. The molecule has 0 bridgehead atoms. The number of carbonyl (C=O) groups excluding carboxylic acids is 1. The molecular formula is C24H27BrClNO3. The summed E-state index contributed by atoms with van der Waals surface area (Å²) in [5.41, 5.74) is 4.15. The molecule has 2 aromatic rings. The number of likely N-dealkylation sites (tertiary alicyclic amines) is 1. The number of ether oxygens (including phenoxy) is 2. The SMILES string of the molecule is COC(=O)[C@@H]1CCCCN1Cc1cc(Cl)c(C=Cc2cccc(Br)c2C)cc1OC. The first kappa shape index (κ1) is 22.9. The average molecular weight is 493 g/mol. The van der Waals surface area contributed by atoms with Crippen LogP contribution in [0.2, 0.25) is 5.02 Å². The molecule has 4 nitrogen and oxygen atoms in total. The van der Waals surface area contributed by atoms with Crippen LogP contribution in [0.15, 0.2) is 34.8 Å². The van der Waals surface area contributed by atoms with Crippen LogP contribution in [0.25, 0.3) is 12.2 Å². The van der Waals surface area contributed by atoms with Gasteiger partial charge in [0.1, 0.15) is 11.8 Å². The first-order valence-corrected chi connectivity index (χ1v) is 11.2. The molecule has 1 heterocycles. The second-order valence-electron chi connectivity index (χ2n) is 7.48. The van der Waals surface area contributed by atoms with Crippen molar-refractivity contribution >= 4 is 45.7 Å². The van der Waals surface area contributed by atoms with E-state index in [1.807, 2.05) is 30.3 Å². The van der Waals surface area contributed by atoms with Crippen molar-refractivity contribution < 1.29 is 14.3 Å². The predicted octanol–water partition coefficient (Wildman–Crippen LogP) is 6.12. The number of methoxy groups -OCH3 is 2. The molecule has 0 aromatic heterocycles. The van der Waals surface area contributed by atoms with Gasteiger partial charge in [0, 0.05) is 21.6 Å². The van der Waals surface area contributed by atoms with Crippen LogP contribution in [0.4, 0.5) is 0 Å². The zero-order valence-corrected chi connectivity index (χ0v) is 19.9. The van der Waals surface area contributed by atoms with Gasteiger partial charge in [0.25, 0.3) is 0 Å². The molecule has 1 aliphatic heterocycles. The quantitative estimate of drug-likeness (QED) is 0.360. The minimum absolute atomic E-state index is 0.177. The van der Waals surface area contributed by atoms with Crippen LogP contribution >= 0.6 is 27.5 Å². The van der Waals surface area contributed by atoms with Gasteiger partial charge < -0.3 is 9.47 Å². The fourth-order valence-electron chi connectivity index (χ4n) is 3.84. The van der Waals surface area contributed by atoms with Gasteiger partial charge in [-0.15, -0.1) is 0 Å². The van der Waals surface area contributed by atoms with E-state index in [1.54, 1.807) is 7.11 Å². The van der Waals surface area contributed by atoms with Crippen molar-refractivity contribution in [2.45, 2.75) is 38.8 Å². The van der Waals surface area contributed by atoms with E-state index >= 15 is 0 Å². The van der Waals surface area contributed by atoms with Crippen molar-refractivity contribution in [1.29, 1.82) is 0 Å². The number of piperidine rings is 1. The van der Waals surface area contributed by atoms with Crippen molar-refractivity contribution in [3.8, 4) is 5.75 Å². The van der Waals surface area contributed by atoms with Crippen LogP contribution in [0.1, 0.15) is 41.5 Å². The fraction of sp³-hybridized carbons (Fsp3) is 0.375. The third-order valence-corrected chi connectivity index (χ3v) is 6.80. The molecule has 6 heteroatoms. The van der Waals surface area contributed by atoms with Crippen LogP contribution in [0.3, 0.4) is 0 Å². The normalized spacial score (nSPS) is 17.3. The molecule has 1 saturated heterocycles. The van der Waals surface area contributed by atoms with Crippen molar-refractivity contribution in [2.75, 3.05) is 20.8 Å². The molecule has 1 atom stereocenters. The van der Waals surface area contributed by atoms with Crippen LogP contribution < -0.4 is 4.74 Å². The van der Waals surface area contributed by atoms with Gasteiger partial charge in [0.2, 0.25) is 0 Å². The lowest BCUT2D eigenvalue weighted by Gasteiger charge is -2.34. The van der Waals surface area contributed by atoms with Gasteiger partial charge in [-0.1, -0.05) is 58.2 Å². The van der Waals surface area contributed by atoms with E-state index in [0.717, 1.165) is 52.7 Å². The second kappa shape index (κ2) is 10.5. The van der Waals surface area contributed by atoms with E-state index in [2.05, 4.69) is 39.9 Å². The summed E-state index contributed by atoms with van der Waals surface area (Å²) >= 11 is 10.2. The first-order valence-electron chi connectivity index (χ1n) is 10.1. The van der Waals surface area contributed by atoms with Gasteiger partial charge in [0.15, 0.2) is 0 Å². The Bertz CT molecular complexity index is 944. The summed E-state index contributed by atoms with van der Waals surface area (Å²) in [5.74, 6) is 0.586. The van der Waals surface area contributed by atoms with Crippen LogP contribution in [-0.4, -0.2) is 37.7 Å². The molecule has 3 rings (SSSR count). The van der Waals surface area contributed by atoms with Gasteiger partial charge in [-0.25, -0.2) is 0 Å². The highest BCUT2D eigenvalue weighted by Gasteiger charge is 2.30. The summed E-state index contributed by atoms with van der Waals surface area (Å²) in [6.07, 6.45) is 6.97. The van der Waals surface area contributed by atoms with Crippen molar-refractivity contribution in [3.05, 3.63) is 62.1 Å². The Kier molecular flexibility index (Phi) is 7.98. The third-order valence-electron chi connectivity index (χ3n) is 5.61. The number of benzene rings is 2. The Morgan fingerprint density at radius 1 is 1.23 bits per heavy atom. The molecule has 0 unspecified atom stereocenters. The van der Waals surface area contributed by atoms with Gasteiger partial charge in [-0.3, -0.25) is 9.69 Å². The Labute approximate surface area is 191 Å². The molecule has 0 spiro atoms. The highest BCUT2D eigenvalue weighted by atomic mass is 79.9. The van der Waals surface area contributed by atoms with Crippen molar-refractivity contribution in [1.82, 2.24) is 4.90 Å². The van der Waals surface area contributed by atoms with Crippen LogP contribution in [0.5, 0.6) is 5.75 Å². The van der Waals surface area contributed by atoms with E-state index in [4.69, 9.17) is 21.1 Å². The zero-order valence-electron chi connectivity index (χ0n) is 17.6. The minimum atomic E-state index is -0.216. The lowest BCUT2D eigenvalue weighted by molar-refractivity contribution is -0.148. The highest BCUT2D eigenvalue weighted by Crippen LogP contribution is 2.32. The van der Waals surface area contributed by atoms with E-state index in [9.17, 15) is 4.79 Å². The Balaban J connectivity index is 1.86. The summed E-state index contributed by atoms with van der Waals surface area (Å²) in [6, 6.07) is 9.79. The molecule has 1 fully saturated rings. The number of nitrogens with zero attached hydrogens (tertiary/aromatic N) is 1. The summed E-state index contributed by atoms with van der Waals surface area (Å²) in [5, 5.41) is 0.654. The maximum Gasteiger partial charge on any atom is 0.323 e. The van der Waals surface area contributed by atoms with E-state index < -0.39 is 0 Å². The maximum atomic E-state index is 12.2. The van der Waals surface area contributed by atoms with E-state index in [0.29, 0.717) is 11.6 Å². The third kappa shape index (κ3) is 5.26. The number of carbonyl (C=O) groups is 1. The van der Waals surface area contributed by atoms with Gasteiger partial charge >= 0.3 is 5.97 Å². The summed E-state index contributed by atoms with van der Waals surface area (Å²) in [4.78, 5) is 14.3. The van der Waals surface area contributed by atoms with E-state index in [-0.39, 0.29) is 12.0 Å². The van der Waals surface area contributed by atoms with E-state index in [1.165, 1.54) is 12.7 Å². The second-order valence-corrected chi connectivity index (χ2v) is 8.74. The summed E-state index contributed by atoms with van der Waals surface area (Å²) in [7, 11) is 3.10. The Hall–Kier alpha value is -1.82. The maximum absolute atomic E-state index is 12.2. The van der Waals surface area contributed by atoms with Gasteiger partial charge in [0.05, 0.1) is 14.2 Å². The number of esters is 1. The topological polar surface area (TPSA) is 38.8 Å². The minimum Gasteiger partial charge on any atom is -0.496 e. The molecular weight excluding hydrogens is 466 g/mol. The summed E-state index contributed by atoms with van der Waals surface area (Å²) < 4.78 is 11.7. The molecule has 160 valence electrons. The number of hydrogen-bond donors (Lipinski definition) is 0. The lowest BCUT2D eigenvalue weighted by atomic mass is 10.0. The Morgan fingerprint density at radius 3 is 2.73 bits per heavy atom. The van der Waals surface area contributed by atoms with Crippen molar-refractivity contribution in [2.24, 2.45) is 0 Å². The fourth-order valence-corrected chi connectivity index (χ4v) is 4.47. The predicted molar refractivity (Wildman–Crippen MR) is 126 cm³/mol. The molecule has 2 aromatic carbocycles. The zero-order chi connectivity index (χ0) is 21.7. The number of rotatable bonds is 6. The Morgan fingerprint density at radius 2 is 2.00 bits per heavy atom. The standard InChI is InChI=1S/C24H27BrClNO3/c1-16-17(7-6-8-20(16)25)10-11-18-14-23(29-2)19(13-21(18)26)15-27-12-5-4-9-22(27)24(28)30-3/h6-8,10-11,13-14,22H,4-5,9,12,15H2,1-3H3/t22-/m0/s1. The van der Waals surface area contributed by atoms with Crippen LogP contribution in [0, 0.1) is 6.92 Å². The molecule has 0 amide bonds. The van der Waals surface area contributed by atoms with Crippen LogP contribution in [-0.2, 0) is 16.1 Å². The van der Waals surface area contributed by atoms with Gasteiger partial charge in [-0.2, -0.15) is 0 Å². The molecule has 0 N–H and O–H groups in total. The number of hydrogen-bond acceptors (Lipinski definition) is 4. The molecule has 0 aliphatic carbocycles. The molecule has 0 saturated carbocycles. The monoisotopic (exact) mass is 491 g/mol. The summed E-state index contributed by atoms with van der Waals surface area (Å²) in [6.45, 7) is 3.52. The smallest absolute Gasteiger partial charge is 0.323 e. The molecule has 30 heavy (non-hydrogen) atoms. The molecule has 1 aliphatic rings. The molecule has 0 radical (unpaired) electrons. The van der Waals surface area contributed by atoms with Crippen molar-refractivity contribution in [3.63, 3.8) is 0 Å². The number of halogens is 2. The van der Waals surface area contributed by atoms with Gasteiger partial charge in [-0.05, 0) is 61.2 Å². The largest absolute Gasteiger partial charge is 0.496 e. The highest BCUT2D eigenvalue weighted by molar-refractivity contribution is 9.10. The average Bonchev–Trinajstić information content (AvgIpc) is 2.75. The first-order chi connectivity index (χ1) is 14.4.